The molecule has 1 aromatic heterocycles. The second-order valence-corrected chi connectivity index (χ2v) is 7.42. The van der Waals surface area contributed by atoms with Crippen molar-refractivity contribution in [3.8, 4) is 0 Å². The third-order valence-corrected chi connectivity index (χ3v) is 4.94. The quantitative estimate of drug-likeness (QED) is 0.605. The molecule has 2 aromatic carbocycles. The maximum absolute atomic E-state index is 12.3. The first kappa shape index (κ1) is 18.4. The molecule has 8 heteroatoms. The van der Waals surface area contributed by atoms with Crippen LogP contribution in [0.25, 0.3) is 0 Å². The van der Waals surface area contributed by atoms with Crippen LogP contribution in [0, 0.1) is 0 Å². The van der Waals surface area contributed by atoms with Crippen molar-refractivity contribution in [2.24, 2.45) is 0 Å². The predicted octanol–water partition coefficient (Wildman–Crippen LogP) is 3.58. The minimum absolute atomic E-state index is 0.133. The summed E-state index contributed by atoms with van der Waals surface area (Å²) in [5.74, 6) is 0.427. The molecule has 0 spiro atoms. The Kier molecular flexibility index (Phi) is 5.37. The number of nitrogens with one attached hydrogen (secondary N) is 3. The molecule has 0 fully saturated rings. The summed E-state index contributed by atoms with van der Waals surface area (Å²) in [6.45, 7) is 1.45. The Hall–Kier alpha value is -3.39. The third-order valence-electron chi connectivity index (χ3n) is 3.55. The molecule has 0 saturated carbocycles. The number of aromatic nitrogens is 1. The summed E-state index contributed by atoms with van der Waals surface area (Å²) < 4.78 is 27.1. The van der Waals surface area contributed by atoms with Gasteiger partial charge in [0.1, 0.15) is 5.82 Å². The molecular formula is C19H18N4O3S. The molecule has 0 aliphatic carbocycles. The highest BCUT2D eigenvalue weighted by Crippen LogP contribution is 2.20. The van der Waals surface area contributed by atoms with E-state index in [1.54, 1.807) is 54.6 Å². The molecule has 0 bridgehead atoms. The second-order valence-electron chi connectivity index (χ2n) is 5.73. The van der Waals surface area contributed by atoms with Crippen molar-refractivity contribution in [2.75, 3.05) is 15.4 Å². The van der Waals surface area contributed by atoms with Crippen LogP contribution >= 0.6 is 0 Å². The van der Waals surface area contributed by atoms with E-state index < -0.39 is 10.0 Å². The fourth-order valence-corrected chi connectivity index (χ4v) is 3.39. The number of carbonyl (C=O) groups excluding carboxylic acids is 1. The normalized spacial score (nSPS) is 10.9. The van der Waals surface area contributed by atoms with Gasteiger partial charge in [0, 0.05) is 18.3 Å². The number of pyridine rings is 1. The highest BCUT2D eigenvalue weighted by atomic mass is 32.2. The number of benzene rings is 2. The Morgan fingerprint density at radius 3 is 2.07 bits per heavy atom. The number of sulfonamides is 1. The van der Waals surface area contributed by atoms with Crippen molar-refractivity contribution in [1.82, 2.24) is 4.98 Å². The molecule has 3 N–H and O–H groups in total. The van der Waals surface area contributed by atoms with Crippen molar-refractivity contribution in [2.45, 2.75) is 11.8 Å². The van der Waals surface area contributed by atoms with Crippen LogP contribution in [-0.2, 0) is 14.8 Å². The van der Waals surface area contributed by atoms with Gasteiger partial charge < -0.3 is 10.6 Å². The molecule has 3 rings (SSSR count). The zero-order valence-corrected chi connectivity index (χ0v) is 15.3. The van der Waals surface area contributed by atoms with Crippen molar-refractivity contribution in [3.05, 3.63) is 72.9 Å². The largest absolute Gasteiger partial charge is 0.340 e. The van der Waals surface area contributed by atoms with E-state index in [0.717, 1.165) is 5.69 Å². The second kappa shape index (κ2) is 7.88. The van der Waals surface area contributed by atoms with Crippen LogP contribution in [0.3, 0.4) is 0 Å². The molecule has 0 aliphatic heterocycles. The summed E-state index contributed by atoms with van der Waals surface area (Å²) >= 11 is 0. The molecule has 0 atom stereocenters. The zero-order chi connectivity index (χ0) is 19.3. The van der Waals surface area contributed by atoms with Crippen molar-refractivity contribution < 1.29 is 13.2 Å². The van der Waals surface area contributed by atoms with E-state index in [1.165, 1.54) is 25.3 Å². The van der Waals surface area contributed by atoms with E-state index in [9.17, 15) is 13.2 Å². The van der Waals surface area contributed by atoms with Crippen molar-refractivity contribution in [3.63, 3.8) is 0 Å². The van der Waals surface area contributed by atoms with Crippen LogP contribution in [0.1, 0.15) is 6.92 Å². The van der Waals surface area contributed by atoms with Gasteiger partial charge in [0.25, 0.3) is 10.0 Å². The molecule has 7 nitrogen and oxygen atoms in total. The molecule has 1 amide bonds. The number of amides is 1. The summed E-state index contributed by atoms with van der Waals surface area (Å²) in [5.41, 5.74) is 1.85. The number of hydrogen-bond acceptors (Lipinski definition) is 5. The number of hydrogen-bond donors (Lipinski definition) is 3. The number of anilines is 4. The van der Waals surface area contributed by atoms with Gasteiger partial charge in [-0.05, 0) is 48.5 Å². The average Bonchev–Trinajstić information content (AvgIpc) is 2.65. The topological polar surface area (TPSA) is 100 Å². The van der Waals surface area contributed by atoms with Gasteiger partial charge in [0.2, 0.25) is 5.91 Å². The molecule has 27 heavy (non-hydrogen) atoms. The van der Waals surface area contributed by atoms with Crippen LogP contribution in [0.4, 0.5) is 22.9 Å². The Balaban J connectivity index is 1.66. The fourth-order valence-electron chi connectivity index (χ4n) is 2.33. The number of carbonyl (C=O) groups is 1. The molecule has 0 aliphatic rings. The molecule has 0 radical (unpaired) electrons. The van der Waals surface area contributed by atoms with Gasteiger partial charge in [-0.15, -0.1) is 0 Å². The summed E-state index contributed by atoms with van der Waals surface area (Å²) in [7, 11) is -3.64. The van der Waals surface area contributed by atoms with Gasteiger partial charge in [0.15, 0.2) is 0 Å². The fraction of sp³-hybridized carbons (Fsp3) is 0.0526. The van der Waals surface area contributed by atoms with Gasteiger partial charge in [-0.25, -0.2) is 13.4 Å². The Labute approximate surface area is 157 Å². The Morgan fingerprint density at radius 2 is 1.48 bits per heavy atom. The van der Waals surface area contributed by atoms with Gasteiger partial charge in [0.05, 0.1) is 16.8 Å². The molecule has 1 heterocycles. The third kappa shape index (κ3) is 5.05. The SMILES string of the molecule is CC(=O)Nc1ccc(Nc2ccc(NS(=O)(=O)c3ccccc3)cn2)cc1. The lowest BCUT2D eigenvalue weighted by Crippen LogP contribution is -2.13. The minimum Gasteiger partial charge on any atom is -0.340 e. The number of rotatable bonds is 6. The summed E-state index contributed by atoms with van der Waals surface area (Å²) in [4.78, 5) is 15.4. The van der Waals surface area contributed by atoms with Crippen molar-refractivity contribution in [1.29, 1.82) is 0 Å². The van der Waals surface area contributed by atoms with E-state index in [0.29, 0.717) is 17.2 Å². The summed E-state index contributed by atoms with van der Waals surface area (Å²) in [5, 5.41) is 5.80. The lowest BCUT2D eigenvalue weighted by atomic mass is 10.2. The van der Waals surface area contributed by atoms with Crippen LogP contribution in [0.5, 0.6) is 0 Å². The summed E-state index contributed by atoms with van der Waals surface area (Å²) in [6.07, 6.45) is 1.44. The molecule has 3 aromatic rings. The van der Waals surface area contributed by atoms with Gasteiger partial charge >= 0.3 is 0 Å². The van der Waals surface area contributed by atoms with Gasteiger partial charge in [-0.1, -0.05) is 18.2 Å². The van der Waals surface area contributed by atoms with Gasteiger partial charge in [-0.3, -0.25) is 9.52 Å². The Bertz CT molecular complexity index is 1020. The van der Waals surface area contributed by atoms with E-state index in [4.69, 9.17) is 0 Å². The Morgan fingerprint density at radius 1 is 0.852 bits per heavy atom. The van der Waals surface area contributed by atoms with Crippen LogP contribution in [0.15, 0.2) is 77.8 Å². The lowest BCUT2D eigenvalue weighted by molar-refractivity contribution is -0.114. The van der Waals surface area contributed by atoms with Crippen LogP contribution in [-0.4, -0.2) is 19.3 Å². The first-order chi connectivity index (χ1) is 12.9. The molecule has 138 valence electrons. The monoisotopic (exact) mass is 382 g/mol. The first-order valence-electron chi connectivity index (χ1n) is 8.11. The standard InChI is InChI=1S/C19H18N4O3S/c1-14(24)21-15-7-9-16(10-8-15)22-19-12-11-17(13-20-19)23-27(25,26)18-5-3-2-4-6-18/h2-13,23H,1H3,(H,20,22)(H,21,24). The molecular weight excluding hydrogens is 364 g/mol. The maximum atomic E-state index is 12.3. The predicted molar refractivity (Wildman–Crippen MR) is 106 cm³/mol. The van der Waals surface area contributed by atoms with E-state index >= 15 is 0 Å². The number of nitrogens with zero attached hydrogens (tertiary/aromatic N) is 1. The average molecular weight is 382 g/mol. The van der Waals surface area contributed by atoms with Crippen molar-refractivity contribution >= 4 is 38.8 Å². The highest BCUT2D eigenvalue weighted by molar-refractivity contribution is 7.92. The van der Waals surface area contributed by atoms with E-state index in [2.05, 4.69) is 20.3 Å². The highest BCUT2D eigenvalue weighted by Gasteiger charge is 2.13. The lowest BCUT2D eigenvalue weighted by Gasteiger charge is -2.10. The zero-order valence-electron chi connectivity index (χ0n) is 14.5. The smallest absolute Gasteiger partial charge is 0.261 e. The van der Waals surface area contributed by atoms with E-state index in [1.807, 2.05) is 0 Å². The minimum atomic E-state index is -3.64. The van der Waals surface area contributed by atoms with Crippen LogP contribution < -0.4 is 15.4 Å². The molecule has 0 saturated heterocycles. The maximum Gasteiger partial charge on any atom is 0.261 e. The van der Waals surface area contributed by atoms with E-state index in [-0.39, 0.29) is 10.8 Å². The van der Waals surface area contributed by atoms with Crippen LogP contribution in [0.2, 0.25) is 0 Å². The van der Waals surface area contributed by atoms with Gasteiger partial charge in [-0.2, -0.15) is 0 Å². The first-order valence-corrected chi connectivity index (χ1v) is 9.59. The summed E-state index contributed by atoms with van der Waals surface area (Å²) in [6, 6.07) is 18.6. The molecule has 0 unspecified atom stereocenters.